The van der Waals surface area contributed by atoms with Gasteiger partial charge in [-0.25, -0.2) is 0 Å². The molecule has 0 bridgehead atoms. The predicted octanol–water partition coefficient (Wildman–Crippen LogP) is 2.91. The zero-order chi connectivity index (χ0) is 23.5. The van der Waals surface area contributed by atoms with Gasteiger partial charge in [-0.2, -0.15) is 0 Å². The summed E-state index contributed by atoms with van der Waals surface area (Å²) in [6.07, 6.45) is 2.92. The summed E-state index contributed by atoms with van der Waals surface area (Å²) in [4.78, 5) is 14.0. The molecular formula is C27H42O6. The van der Waals surface area contributed by atoms with Crippen molar-refractivity contribution in [3.8, 4) is 0 Å². The second-order valence-corrected chi connectivity index (χ2v) is 13.2. The highest BCUT2D eigenvalue weighted by molar-refractivity contribution is 5.87. The van der Waals surface area contributed by atoms with Crippen molar-refractivity contribution < 1.29 is 29.6 Å². The SMILES string of the molecule is CC1CCC2(OC1)OC1CC3C4CC(O)C5CC(O)C(O)CC5(C)C4CC(=O)C3(C)C1C2C. The van der Waals surface area contributed by atoms with Gasteiger partial charge in [-0.05, 0) is 67.1 Å². The third kappa shape index (κ3) is 2.88. The molecule has 0 aromatic rings. The van der Waals surface area contributed by atoms with Crippen LogP contribution >= 0.6 is 0 Å². The summed E-state index contributed by atoms with van der Waals surface area (Å²) < 4.78 is 13.1. The molecule has 0 aromatic carbocycles. The van der Waals surface area contributed by atoms with Gasteiger partial charge in [0.2, 0.25) is 0 Å². The van der Waals surface area contributed by atoms with E-state index < -0.39 is 29.5 Å². The van der Waals surface area contributed by atoms with Crippen LogP contribution in [0.1, 0.15) is 72.6 Å². The normalized spacial score (nSPS) is 62.5. The van der Waals surface area contributed by atoms with Crippen molar-refractivity contribution in [3.05, 3.63) is 0 Å². The molecule has 3 N–H and O–H groups in total. The van der Waals surface area contributed by atoms with Crippen LogP contribution in [0.3, 0.4) is 0 Å². The molecule has 0 aromatic heterocycles. The van der Waals surface area contributed by atoms with Crippen LogP contribution < -0.4 is 0 Å². The number of ketones is 1. The number of fused-ring (bicyclic) bond motifs is 7. The summed E-state index contributed by atoms with van der Waals surface area (Å²) in [5, 5.41) is 32.1. The molecule has 6 fully saturated rings. The molecule has 6 nitrogen and oxygen atoms in total. The van der Waals surface area contributed by atoms with Gasteiger partial charge in [-0.3, -0.25) is 4.79 Å². The van der Waals surface area contributed by atoms with E-state index in [9.17, 15) is 20.1 Å². The number of carbonyl (C=O) groups is 1. The smallest absolute Gasteiger partial charge is 0.171 e. The molecule has 1 spiro atoms. The lowest BCUT2D eigenvalue weighted by Gasteiger charge is -2.62. The van der Waals surface area contributed by atoms with E-state index in [0.717, 1.165) is 25.9 Å². The topological polar surface area (TPSA) is 96.2 Å². The van der Waals surface area contributed by atoms with Crippen molar-refractivity contribution in [1.29, 1.82) is 0 Å². The van der Waals surface area contributed by atoms with Crippen molar-refractivity contribution in [2.45, 2.75) is 103 Å². The average Bonchev–Trinajstić information content (AvgIpc) is 3.20. The van der Waals surface area contributed by atoms with Crippen LogP contribution in [-0.4, -0.2) is 57.9 Å². The second-order valence-electron chi connectivity index (χ2n) is 13.2. The Labute approximate surface area is 197 Å². The minimum Gasteiger partial charge on any atom is -0.393 e. The lowest BCUT2D eigenvalue weighted by Crippen LogP contribution is -2.62. The summed E-state index contributed by atoms with van der Waals surface area (Å²) >= 11 is 0. The Bertz CT molecular complexity index is 821. The third-order valence-corrected chi connectivity index (χ3v) is 11.8. The zero-order valence-electron chi connectivity index (χ0n) is 20.6. The van der Waals surface area contributed by atoms with Gasteiger partial charge in [0.15, 0.2) is 5.79 Å². The second kappa shape index (κ2) is 7.25. The monoisotopic (exact) mass is 462 g/mol. The zero-order valence-corrected chi connectivity index (χ0v) is 20.6. The maximum atomic E-state index is 14.0. The van der Waals surface area contributed by atoms with Crippen molar-refractivity contribution >= 4 is 5.78 Å². The molecule has 0 amide bonds. The number of Topliss-reactive ketones (excluding diaryl/α,β-unsaturated/α-hetero) is 1. The maximum absolute atomic E-state index is 14.0. The molecule has 33 heavy (non-hydrogen) atoms. The van der Waals surface area contributed by atoms with E-state index in [1.54, 1.807) is 0 Å². The fraction of sp³-hybridized carbons (Fsp3) is 0.963. The Morgan fingerprint density at radius 1 is 0.939 bits per heavy atom. The number of hydrogen-bond donors (Lipinski definition) is 3. The Kier molecular flexibility index (Phi) is 5.03. The fourth-order valence-corrected chi connectivity index (χ4v) is 10.0. The molecule has 2 saturated heterocycles. The number of hydrogen-bond acceptors (Lipinski definition) is 6. The molecule has 14 unspecified atom stereocenters. The van der Waals surface area contributed by atoms with E-state index in [2.05, 4.69) is 27.7 Å². The van der Waals surface area contributed by atoms with Gasteiger partial charge < -0.3 is 24.8 Å². The van der Waals surface area contributed by atoms with E-state index in [0.29, 0.717) is 37.4 Å². The van der Waals surface area contributed by atoms with Gasteiger partial charge in [0.05, 0.1) is 31.0 Å². The molecule has 6 heteroatoms. The maximum Gasteiger partial charge on any atom is 0.171 e. The van der Waals surface area contributed by atoms with Crippen molar-refractivity contribution in [2.75, 3.05) is 6.61 Å². The minimum absolute atomic E-state index is 0.0348. The Morgan fingerprint density at radius 2 is 1.70 bits per heavy atom. The van der Waals surface area contributed by atoms with Crippen LogP contribution in [0.5, 0.6) is 0 Å². The van der Waals surface area contributed by atoms with Crippen LogP contribution in [0.2, 0.25) is 0 Å². The molecule has 0 radical (unpaired) electrons. The van der Waals surface area contributed by atoms with Crippen LogP contribution in [0, 0.1) is 52.3 Å². The number of aliphatic hydroxyl groups excluding tert-OH is 3. The quantitative estimate of drug-likeness (QED) is 0.512. The minimum atomic E-state index is -0.784. The molecule has 6 aliphatic rings. The first kappa shape index (κ1) is 22.9. The number of aliphatic hydroxyl groups is 3. The summed E-state index contributed by atoms with van der Waals surface area (Å²) in [5.41, 5.74) is -0.775. The average molecular weight is 463 g/mol. The highest BCUT2D eigenvalue weighted by Gasteiger charge is 2.72. The van der Waals surface area contributed by atoms with Crippen LogP contribution in [-0.2, 0) is 14.3 Å². The summed E-state index contributed by atoms with van der Waals surface area (Å²) in [5.74, 6) is 1.21. The highest BCUT2D eigenvalue weighted by Crippen LogP contribution is 2.70. The first-order chi connectivity index (χ1) is 15.5. The third-order valence-electron chi connectivity index (χ3n) is 11.8. The largest absolute Gasteiger partial charge is 0.393 e. The van der Waals surface area contributed by atoms with E-state index in [-0.39, 0.29) is 47.0 Å². The Hall–Kier alpha value is -0.530. The van der Waals surface area contributed by atoms with Gasteiger partial charge in [-0.1, -0.05) is 27.7 Å². The van der Waals surface area contributed by atoms with E-state index in [1.807, 2.05) is 0 Å². The molecule has 4 aliphatic carbocycles. The first-order valence-corrected chi connectivity index (χ1v) is 13.4. The highest BCUT2D eigenvalue weighted by atomic mass is 16.7. The van der Waals surface area contributed by atoms with Gasteiger partial charge in [0.1, 0.15) is 5.78 Å². The van der Waals surface area contributed by atoms with Crippen molar-refractivity contribution in [2.24, 2.45) is 52.3 Å². The van der Waals surface area contributed by atoms with Gasteiger partial charge in [0.25, 0.3) is 0 Å². The molecule has 6 rings (SSSR count). The van der Waals surface area contributed by atoms with E-state index >= 15 is 0 Å². The molecule has 14 atom stereocenters. The molecule has 4 saturated carbocycles. The van der Waals surface area contributed by atoms with Crippen LogP contribution in [0.15, 0.2) is 0 Å². The van der Waals surface area contributed by atoms with E-state index in [1.165, 1.54) is 0 Å². The van der Waals surface area contributed by atoms with Crippen molar-refractivity contribution in [3.63, 3.8) is 0 Å². The standard InChI is InChI=1S/C27H42O6/c1-13-5-6-27(32-12-13)14(2)24-22(33-27)9-17-15-7-19(28)18-8-20(29)21(30)11-25(18,3)16(15)10-23(31)26(17,24)4/h13-22,24,28-30H,5-12H2,1-4H3. The van der Waals surface area contributed by atoms with Crippen molar-refractivity contribution in [1.82, 2.24) is 0 Å². The summed E-state index contributed by atoms with van der Waals surface area (Å²) in [6, 6.07) is 0. The molecule has 2 aliphatic heterocycles. The molecule has 2 heterocycles. The van der Waals surface area contributed by atoms with Crippen LogP contribution in [0.4, 0.5) is 0 Å². The fourth-order valence-electron chi connectivity index (χ4n) is 10.0. The molecular weight excluding hydrogens is 420 g/mol. The number of ether oxygens (including phenoxy) is 2. The summed E-state index contributed by atoms with van der Waals surface area (Å²) in [6.45, 7) is 9.52. The Morgan fingerprint density at radius 3 is 2.39 bits per heavy atom. The Balaban J connectivity index is 1.32. The van der Waals surface area contributed by atoms with Crippen LogP contribution in [0.25, 0.3) is 0 Å². The number of rotatable bonds is 0. The van der Waals surface area contributed by atoms with Gasteiger partial charge >= 0.3 is 0 Å². The summed E-state index contributed by atoms with van der Waals surface area (Å²) in [7, 11) is 0. The van der Waals surface area contributed by atoms with E-state index in [4.69, 9.17) is 9.47 Å². The lowest BCUT2D eigenvalue weighted by molar-refractivity contribution is -0.273. The predicted molar refractivity (Wildman–Crippen MR) is 121 cm³/mol. The lowest BCUT2D eigenvalue weighted by atomic mass is 9.43. The van der Waals surface area contributed by atoms with Gasteiger partial charge in [-0.15, -0.1) is 0 Å². The first-order valence-electron chi connectivity index (χ1n) is 13.4. The number of carbonyl (C=O) groups excluding carboxylic acids is 1. The van der Waals surface area contributed by atoms with Gasteiger partial charge in [0, 0.05) is 30.1 Å². The molecule has 186 valence electrons.